The first-order valence-corrected chi connectivity index (χ1v) is 30.4. The highest BCUT2D eigenvalue weighted by Crippen LogP contribution is 2.27. The summed E-state index contributed by atoms with van der Waals surface area (Å²) in [6, 6.07) is 0. The van der Waals surface area contributed by atoms with Crippen LogP contribution in [0.1, 0.15) is 226 Å². The Morgan fingerprint density at radius 2 is 0.855 bits per heavy atom. The van der Waals surface area contributed by atoms with E-state index in [9.17, 15) is 40.5 Å². The predicted molar refractivity (Wildman–Crippen MR) is 302 cm³/mol. The van der Waals surface area contributed by atoms with Crippen LogP contribution in [0, 0.1) is 0 Å². The third kappa shape index (κ3) is 34.6. The minimum atomic E-state index is -1.71. The van der Waals surface area contributed by atoms with Gasteiger partial charge in [-0.1, -0.05) is 222 Å². The summed E-state index contributed by atoms with van der Waals surface area (Å²) in [4.78, 5) is 13.1. The van der Waals surface area contributed by atoms with Crippen LogP contribution in [0.15, 0.2) is 60.8 Å². The molecule has 11 atom stereocenters. The number of aliphatic hydroxyl groups excluding tert-OH is 7. The second kappa shape index (κ2) is 48.6. The first-order valence-electron chi connectivity index (χ1n) is 30.4. The second-order valence-corrected chi connectivity index (χ2v) is 21.2. The number of hydrogen-bond acceptors (Lipinski definition) is 14. The molecule has 0 aromatic rings. The largest absolute Gasteiger partial charge is 0.457 e. The number of carbonyl (C=O) groups is 1. The van der Waals surface area contributed by atoms with Gasteiger partial charge in [0.05, 0.1) is 26.4 Å². The van der Waals surface area contributed by atoms with E-state index in [4.69, 9.17) is 28.4 Å². The zero-order valence-corrected chi connectivity index (χ0v) is 47.5. The number of hydrogen-bond donors (Lipinski definition) is 7. The van der Waals surface area contributed by atoms with Crippen molar-refractivity contribution < 1.29 is 69.0 Å². The van der Waals surface area contributed by atoms with Crippen LogP contribution in [0.4, 0.5) is 0 Å². The lowest BCUT2D eigenvalue weighted by Gasteiger charge is -2.42. The molecule has 14 heteroatoms. The Balaban J connectivity index is 1.71. The Hall–Kier alpha value is -2.31. The van der Waals surface area contributed by atoms with Gasteiger partial charge in [-0.3, -0.25) is 4.79 Å². The van der Waals surface area contributed by atoms with Gasteiger partial charge < -0.3 is 64.2 Å². The van der Waals surface area contributed by atoms with Gasteiger partial charge in [0.1, 0.15) is 54.9 Å². The summed E-state index contributed by atoms with van der Waals surface area (Å²) in [5.41, 5.74) is 0. The van der Waals surface area contributed by atoms with Crippen molar-refractivity contribution in [1.82, 2.24) is 0 Å². The lowest BCUT2D eigenvalue weighted by atomic mass is 9.98. The smallest absolute Gasteiger partial charge is 0.306 e. The number of ether oxygens (including phenoxy) is 6. The van der Waals surface area contributed by atoms with Crippen molar-refractivity contribution in [2.45, 2.75) is 293 Å². The average Bonchev–Trinajstić information content (AvgIpc) is 3.42. The van der Waals surface area contributed by atoms with Gasteiger partial charge >= 0.3 is 5.97 Å². The maximum atomic E-state index is 13.1. The fourth-order valence-corrected chi connectivity index (χ4v) is 9.43. The van der Waals surface area contributed by atoms with E-state index < -0.39 is 80.7 Å². The van der Waals surface area contributed by atoms with E-state index >= 15 is 0 Å². The number of esters is 1. The molecule has 442 valence electrons. The molecule has 0 spiro atoms. The molecule has 14 nitrogen and oxygen atoms in total. The second-order valence-electron chi connectivity index (χ2n) is 21.2. The Bertz CT molecular complexity index is 1490. The first kappa shape index (κ1) is 69.8. The molecular weight excluding hydrogens is 969 g/mol. The van der Waals surface area contributed by atoms with Crippen molar-refractivity contribution in [3.63, 3.8) is 0 Å². The molecule has 0 aliphatic carbocycles. The van der Waals surface area contributed by atoms with Crippen LogP contribution in [0.5, 0.6) is 0 Å². The minimum absolute atomic E-state index is 0.0444. The van der Waals surface area contributed by atoms with Gasteiger partial charge in [-0.25, -0.2) is 0 Å². The molecule has 0 aromatic heterocycles. The maximum Gasteiger partial charge on any atom is 0.306 e. The van der Waals surface area contributed by atoms with E-state index in [1.54, 1.807) is 0 Å². The zero-order chi connectivity index (χ0) is 55.1. The Morgan fingerprint density at radius 3 is 1.34 bits per heavy atom. The molecule has 11 unspecified atom stereocenters. The molecule has 0 bridgehead atoms. The van der Waals surface area contributed by atoms with Crippen molar-refractivity contribution >= 4 is 5.97 Å². The topological polar surface area (TPSA) is 214 Å². The van der Waals surface area contributed by atoms with E-state index in [1.807, 2.05) is 0 Å². The van der Waals surface area contributed by atoms with Crippen LogP contribution < -0.4 is 0 Å². The van der Waals surface area contributed by atoms with E-state index in [2.05, 4.69) is 74.6 Å². The van der Waals surface area contributed by atoms with Gasteiger partial charge in [0.15, 0.2) is 12.6 Å². The van der Waals surface area contributed by atoms with Crippen LogP contribution in [-0.4, -0.2) is 142 Å². The van der Waals surface area contributed by atoms with Crippen LogP contribution in [0.3, 0.4) is 0 Å². The van der Waals surface area contributed by atoms with Gasteiger partial charge in [-0.05, 0) is 57.8 Å². The number of aliphatic hydroxyl groups is 7. The standard InChI is InChI=1S/C62H110O14/c1-3-5-7-9-11-13-15-17-19-21-23-25-26-27-29-31-33-35-37-39-41-43-45-54(64)74-51(48-71-46-44-42-40-38-36-34-32-30-28-24-22-20-18-16-14-12-10-8-6-4-2)49-72-61-60(70)58(68)56(66)53(76-61)50-73-62-59(69)57(67)55(65)52(47-63)75-62/h6,8,12,14,18,20,24,28,32,34,51-53,55-63,65-70H,3-5,7,9-11,13,15-17,19,21-23,25-27,29-31,33,35-50H2,1-2H3/b8-6-,14-12-,20-18-,28-24-,34-32-. The van der Waals surface area contributed by atoms with Crippen molar-refractivity contribution in [2.24, 2.45) is 0 Å². The molecule has 2 fully saturated rings. The number of allylic oxidation sites excluding steroid dienone is 10. The molecule has 2 aliphatic heterocycles. The third-order valence-corrected chi connectivity index (χ3v) is 14.3. The summed E-state index contributed by atoms with van der Waals surface area (Å²) < 4.78 is 34.4. The van der Waals surface area contributed by atoms with Crippen molar-refractivity contribution in [2.75, 3.05) is 33.0 Å². The Kier molecular flexibility index (Phi) is 44.6. The van der Waals surface area contributed by atoms with Gasteiger partial charge in [-0.15, -0.1) is 0 Å². The molecule has 0 radical (unpaired) electrons. The molecule has 0 aromatic carbocycles. The Labute approximate surface area is 460 Å². The molecule has 2 heterocycles. The predicted octanol–water partition coefficient (Wildman–Crippen LogP) is 11.2. The van der Waals surface area contributed by atoms with Crippen LogP contribution in [0.2, 0.25) is 0 Å². The molecule has 7 N–H and O–H groups in total. The van der Waals surface area contributed by atoms with Crippen molar-refractivity contribution in [3.05, 3.63) is 60.8 Å². The normalized spacial score (nSPS) is 24.9. The molecule has 2 aliphatic rings. The van der Waals surface area contributed by atoms with E-state index in [0.717, 1.165) is 83.5 Å². The fourth-order valence-electron chi connectivity index (χ4n) is 9.43. The zero-order valence-electron chi connectivity index (χ0n) is 47.5. The molecule has 76 heavy (non-hydrogen) atoms. The summed E-state index contributed by atoms with van der Waals surface area (Å²) in [7, 11) is 0. The lowest BCUT2D eigenvalue weighted by molar-refractivity contribution is -0.332. The quantitative estimate of drug-likeness (QED) is 0.0172. The monoisotopic (exact) mass is 1080 g/mol. The molecule has 2 rings (SSSR count). The number of unbranched alkanes of at least 4 members (excludes halogenated alkanes) is 25. The summed E-state index contributed by atoms with van der Waals surface area (Å²) in [5.74, 6) is -0.383. The third-order valence-electron chi connectivity index (χ3n) is 14.3. The molecule has 0 saturated carbocycles. The van der Waals surface area contributed by atoms with E-state index in [-0.39, 0.29) is 25.6 Å². The highest BCUT2D eigenvalue weighted by Gasteiger charge is 2.47. The fraction of sp³-hybridized carbons (Fsp3) is 0.823. The van der Waals surface area contributed by atoms with Gasteiger partial charge in [0, 0.05) is 13.0 Å². The van der Waals surface area contributed by atoms with Crippen LogP contribution in [0.25, 0.3) is 0 Å². The number of rotatable bonds is 49. The van der Waals surface area contributed by atoms with Crippen molar-refractivity contribution in [1.29, 1.82) is 0 Å². The number of carbonyl (C=O) groups excluding carboxylic acids is 1. The van der Waals surface area contributed by atoms with E-state index in [0.29, 0.717) is 13.0 Å². The van der Waals surface area contributed by atoms with Gasteiger partial charge in [-0.2, -0.15) is 0 Å². The summed E-state index contributed by atoms with van der Waals surface area (Å²) in [6.07, 6.45) is 44.3. The van der Waals surface area contributed by atoms with Gasteiger partial charge in [0.2, 0.25) is 0 Å². The SMILES string of the molecule is CC/C=C\C/C=C\C/C=C\C/C=C\C/C=C\CCCCCCOCC(COC1OC(COC2OC(CO)C(O)C(O)C2O)C(O)C(O)C1O)OC(=O)CCCCCCCCCCCCCCCCCCCCCCCC. The van der Waals surface area contributed by atoms with E-state index in [1.165, 1.54) is 116 Å². The molecule has 0 amide bonds. The summed E-state index contributed by atoms with van der Waals surface area (Å²) in [5, 5.41) is 72.4. The van der Waals surface area contributed by atoms with Crippen LogP contribution >= 0.6 is 0 Å². The minimum Gasteiger partial charge on any atom is -0.457 e. The van der Waals surface area contributed by atoms with Crippen molar-refractivity contribution in [3.8, 4) is 0 Å². The van der Waals surface area contributed by atoms with Gasteiger partial charge in [0.25, 0.3) is 0 Å². The molecule has 2 saturated heterocycles. The maximum absolute atomic E-state index is 13.1. The summed E-state index contributed by atoms with van der Waals surface area (Å²) >= 11 is 0. The Morgan fingerprint density at radius 1 is 0.447 bits per heavy atom. The van der Waals surface area contributed by atoms with Crippen LogP contribution in [-0.2, 0) is 33.2 Å². The average molecular weight is 1080 g/mol. The first-order chi connectivity index (χ1) is 37.1. The molecular formula is C62H110O14. The highest BCUT2D eigenvalue weighted by atomic mass is 16.7. The summed E-state index contributed by atoms with van der Waals surface area (Å²) in [6.45, 7) is 3.54. The lowest BCUT2D eigenvalue weighted by Crippen LogP contribution is -2.61. The highest BCUT2D eigenvalue weighted by molar-refractivity contribution is 5.69.